The second kappa shape index (κ2) is 7.14. The van der Waals surface area contributed by atoms with Crippen LogP contribution >= 0.6 is 0 Å². The molecule has 5 heteroatoms. The molecular weight excluding hydrogens is 256 g/mol. The van der Waals surface area contributed by atoms with Crippen LogP contribution in [0.3, 0.4) is 0 Å². The number of nitro benzene ring substituents is 1. The summed E-state index contributed by atoms with van der Waals surface area (Å²) in [5.41, 5.74) is 0.416. The molecule has 1 aromatic carbocycles. The van der Waals surface area contributed by atoms with Gasteiger partial charge in [0.15, 0.2) is 5.78 Å². The van der Waals surface area contributed by atoms with Gasteiger partial charge in [0.2, 0.25) is 0 Å². The molecule has 0 radical (unpaired) electrons. The molecular formula is C15H20N2O3. The predicted molar refractivity (Wildman–Crippen MR) is 77.0 cm³/mol. The first-order valence-electron chi connectivity index (χ1n) is 7.17. The van der Waals surface area contributed by atoms with E-state index in [1.165, 1.54) is 37.8 Å². The molecule has 1 saturated heterocycles. The number of non-ortho nitro benzene ring substituents is 1. The largest absolute Gasteiger partial charge is 0.303 e. The highest BCUT2D eigenvalue weighted by molar-refractivity contribution is 5.96. The SMILES string of the molecule is O=C(CCN1CCCCCC1)c1cccc([N+](=O)[O-])c1. The van der Waals surface area contributed by atoms with Crippen LogP contribution in [-0.2, 0) is 0 Å². The van der Waals surface area contributed by atoms with Gasteiger partial charge in [-0.3, -0.25) is 14.9 Å². The first kappa shape index (κ1) is 14.7. The fourth-order valence-electron chi connectivity index (χ4n) is 2.56. The fraction of sp³-hybridized carbons (Fsp3) is 0.533. The lowest BCUT2D eigenvalue weighted by Crippen LogP contribution is -2.27. The van der Waals surface area contributed by atoms with Crippen molar-refractivity contribution < 1.29 is 9.72 Å². The van der Waals surface area contributed by atoms with Crippen LogP contribution in [0.15, 0.2) is 24.3 Å². The molecule has 0 spiro atoms. The molecule has 1 heterocycles. The van der Waals surface area contributed by atoms with E-state index in [9.17, 15) is 14.9 Å². The number of hydrogen-bond acceptors (Lipinski definition) is 4. The van der Waals surface area contributed by atoms with Gasteiger partial charge in [0.25, 0.3) is 5.69 Å². The van der Waals surface area contributed by atoms with E-state index in [1.807, 2.05) is 0 Å². The molecule has 0 N–H and O–H groups in total. The number of ketones is 1. The van der Waals surface area contributed by atoms with Crippen LogP contribution in [0.25, 0.3) is 0 Å². The van der Waals surface area contributed by atoms with E-state index in [1.54, 1.807) is 12.1 Å². The lowest BCUT2D eigenvalue weighted by atomic mass is 10.1. The van der Waals surface area contributed by atoms with Gasteiger partial charge in [0, 0.05) is 30.7 Å². The topological polar surface area (TPSA) is 63.5 Å². The van der Waals surface area contributed by atoms with Crippen LogP contribution in [0.1, 0.15) is 42.5 Å². The van der Waals surface area contributed by atoms with Crippen molar-refractivity contribution in [3.8, 4) is 0 Å². The second-order valence-electron chi connectivity index (χ2n) is 5.24. The van der Waals surface area contributed by atoms with Gasteiger partial charge in [0.1, 0.15) is 0 Å². The smallest absolute Gasteiger partial charge is 0.270 e. The van der Waals surface area contributed by atoms with Crippen molar-refractivity contribution in [3.05, 3.63) is 39.9 Å². The zero-order chi connectivity index (χ0) is 14.4. The first-order valence-corrected chi connectivity index (χ1v) is 7.17. The molecule has 1 aliphatic rings. The number of nitrogens with zero attached hydrogens (tertiary/aromatic N) is 2. The van der Waals surface area contributed by atoms with E-state index >= 15 is 0 Å². The van der Waals surface area contributed by atoms with Crippen molar-refractivity contribution >= 4 is 11.5 Å². The van der Waals surface area contributed by atoms with E-state index in [2.05, 4.69) is 4.90 Å². The third-order valence-corrected chi connectivity index (χ3v) is 3.73. The quantitative estimate of drug-likeness (QED) is 0.471. The summed E-state index contributed by atoms with van der Waals surface area (Å²) in [5, 5.41) is 10.7. The molecule has 5 nitrogen and oxygen atoms in total. The van der Waals surface area contributed by atoms with Crippen molar-refractivity contribution in [2.24, 2.45) is 0 Å². The lowest BCUT2D eigenvalue weighted by molar-refractivity contribution is -0.384. The average molecular weight is 276 g/mol. The Labute approximate surface area is 118 Å². The van der Waals surface area contributed by atoms with E-state index in [-0.39, 0.29) is 11.5 Å². The van der Waals surface area contributed by atoms with Gasteiger partial charge < -0.3 is 4.90 Å². The van der Waals surface area contributed by atoms with E-state index < -0.39 is 4.92 Å². The predicted octanol–water partition coefficient (Wildman–Crippen LogP) is 3.04. The molecule has 20 heavy (non-hydrogen) atoms. The van der Waals surface area contributed by atoms with Gasteiger partial charge in [-0.25, -0.2) is 0 Å². The molecule has 0 aromatic heterocycles. The van der Waals surface area contributed by atoms with Crippen LogP contribution in [-0.4, -0.2) is 35.2 Å². The third kappa shape index (κ3) is 4.13. The van der Waals surface area contributed by atoms with Gasteiger partial charge in [0.05, 0.1) is 4.92 Å². The summed E-state index contributed by atoms with van der Waals surface area (Å²) in [6.07, 6.45) is 5.38. The number of Topliss-reactive ketones (excluding diaryl/α,β-unsaturated/α-hetero) is 1. The van der Waals surface area contributed by atoms with Crippen LogP contribution < -0.4 is 0 Å². The number of rotatable bonds is 5. The number of carbonyl (C=O) groups excluding carboxylic acids is 1. The van der Waals surface area contributed by atoms with Crippen molar-refractivity contribution in [2.45, 2.75) is 32.1 Å². The van der Waals surface area contributed by atoms with Gasteiger partial charge in [-0.05, 0) is 25.9 Å². The van der Waals surface area contributed by atoms with E-state index in [0.29, 0.717) is 12.0 Å². The Morgan fingerprint density at radius 2 is 1.90 bits per heavy atom. The number of likely N-dealkylation sites (tertiary alicyclic amines) is 1. The highest BCUT2D eigenvalue weighted by Crippen LogP contribution is 2.15. The maximum absolute atomic E-state index is 12.1. The van der Waals surface area contributed by atoms with Crippen LogP contribution in [0.4, 0.5) is 5.69 Å². The summed E-state index contributed by atoms with van der Waals surface area (Å²) in [6, 6.07) is 5.99. The van der Waals surface area contributed by atoms with Crippen molar-refractivity contribution in [1.29, 1.82) is 0 Å². The Morgan fingerprint density at radius 3 is 2.55 bits per heavy atom. The zero-order valence-corrected chi connectivity index (χ0v) is 11.6. The van der Waals surface area contributed by atoms with E-state index in [4.69, 9.17) is 0 Å². The molecule has 2 rings (SSSR count). The summed E-state index contributed by atoms with van der Waals surface area (Å²) in [7, 11) is 0. The van der Waals surface area contributed by atoms with E-state index in [0.717, 1.165) is 19.6 Å². The summed E-state index contributed by atoms with van der Waals surface area (Å²) in [5.74, 6) is -0.0158. The van der Waals surface area contributed by atoms with Crippen molar-refractivity contribution in [3.63, 3.8) is 0 Å². The Morgan fingerprint density at radius 1 is 1.20 bits per heavy atom. The summed E-state index contributed by atoms with van der Waals surface area (Å²) >= 11 is 0. The maximum Gasteiger partial charge on any atom is 0.270 e. The van der Waals surface area contributed by atoms with Gasteiger partial charge in [-0.1, -0.05) is 25.0 Å². The minimum atomic E-state index is -0.467. The standard InChI is InChI=1S/C15H20N2O3/c18-15(8-11-16-9-3-1-2-4-10-16)13-6-5-7-14(12-13)17(19)20/h5-7,12H,1-4,8-11H2. The second-order valence-corrected chi connectivity index (χ2v) is 5.24. The van der Waals surface area contributed by atoms with Crippen molar-refractivity contribution in [1.82, 2.24) is 4.90 Å². The average Bonchev–Trinajstić information content (AvgIpc) is 2.73. The number of nitro groups is 1. The summed E-state index contributed by atoms with van der Waals surface area (Å²) in [4.78, 5) is 24.7. The van der Waals surface area contributed by atoms with Crippen LogP contribution in [0, 0.1) is 10.1 Å². The Kier molecular flexibility index (Phi) is 5.24. The normalized spacial score (nSPS) is 16.6. The van der Waals surface area contributed by atoms with Crippen molar-refractivity contribution in [2.75, 3.05) is 19.6 Å². The molecule has 1 aliphatic heterocycles. The summed E-state index contributed by atoms with van der Waals surface area (Å²) in [6.45, 7) is 2.87. The highest BCUT2D eigenvalue weighted by atomic mass is 16.6. The first-order chi connectivity index (χ1) is 9.66. The Balaban J connectivity index is 1.90. The zero-order valence-electron chi connectivity index (χ0n) is 11.6. The molecule has 0 saturated carbocycles. The van der Waals surface area contributed by atoms with Crippen LogP contribution in [0.2, 0.25) is 0 Å². The van der Waals surface area contributed by atoms with Gasteiger partial charge in [-0.15, -0.1) is 0 Å². The Hall–Kier alpha value is -1.75. The molecule has 108 valence electrons. The number of carbonyl (C=O) groups is 1. The third-order valence-electron chi connectivity index (χ3n) is 3.73. The van der Waals surface area contributed by atoms with Crippen LogP contribution in [0.5, 0.6) is 0 Å². The molecule has 0 unspecified atom stereocenters. The fourth-order valence-corrected chi connectivity index (χ4v) is 2.56. The molecule has 0 amide bonds. The van der Waals surface area contributed by atoms with Gasteiger partial charge >= 0.3 is 0 Å². The molecule has 1 aromatic rings. The summed E-state index contributed by atoms with van der Waals surface area (Å²) < 4.78 is 0. The minimum absolute atomic E-state index is 0.0158. The minimum Gasteiger partial charge on any atom is -0.303 e. The Bertz CT molecular complexity index is 480. The molecule has 1 fully saturated rings. The maximum atomic E-state index is 12.1. The number of hydrogen-bond donors (Lipinski definition) is 0. The van der Waals surface area contributed by atoms with Gasteiger partial charge in [-0.2, -0.15) is 0 Å². The highest BCUT2D eigenvalue weighted by Gasteiger charge is 2.14. The molecule has 0 aliphatic carbocycles. The molecule has 0 bridgehead atoms. The lowest BCUT2D eigenvalue weighted by Gasteiger charge is -2.18. The number of benzene rings is 1. The molecule has 0 atom stereocenters. The monoisotopic (exact) mass is 276 g/mol.